The highest BCUT2D eigenvalue weighted by Gasteiger charge is 2.28. The zero-order valence-electron chi connectivity index (χ0n) is 15.3. The Hall–Kier alpha value is -2.55. The first-order valence-corrected chi connectivity index (χ1v) is 10.5. The fraction of sp³-hybridized carbons (Fsp3) is 0.158. The molecular formula is C19H18Cl2N2O5S. The molecular weight excluding hydrogens is 439 g/mol. The Morgan fingerprint density at radius 1 is 1.21 bits per heavy atom. The largest absolute Gasteiger partial charge is 0.449 e. The van der Waals surface area contributed by atoms with Crippen molar-refractivity contribution in [2.24, 2.45) is 5.73 Å². The molecule has 1 atom stereocenters. The maximum absolute atomic E-state index is 13.3. The Labute approximate surface area is 178 Å². The van der Waals surface area contributed by atoms with Crippen molar-refractivity contribution in [1.82, 2.24) is 0 Å². The van der Waals surface area contributed by atoms with Crippen LogP contribution >= 0.6 is 23.2 Å². The number of rotatable bonds is 8. The van der Waals surface area contributed by atoms with Gasteiger partial charge in [-0.25, -0.2) is 13.2 Å². The fourth-order valence-corrected chi connectivity index (χ4v) is 4.37. The normalized spacial score (nSPS) is 12.1. The van der Waals surface area contributed by atoms with Gasteiger partial charge in [-0.15, -0.1) is 6.58 Å². The van der Waals surface area contributed by atoms with Gasteiger partial charge in [-0.3, -0.25) is 9.10 Å². The molecule has 0 heterocycles. The summed E-state index contributed by atoms with van der Waals surface area (Å²) in [5.41, 5.74) is 5.31. The number of nitrogens with zero attached hydrogens (tertiary/aromatic N) is 1. The standard InChI is InChI=1S/C19H18Cl2N2O5S/c1-3-10-23(15-7-5-14(20)6-8-15)29(26,27)17-11-13(4-9-16(17)21)19(25)28-12(2)18(22)24/h3-9,11-12H,1,10H2,2H3,(H2,22,24)/t12-/m1/s1. The van der Waals surface area contributed by atoms with Crippen molar-refractivity contribution in [3.63, 3.8) is 0 Å². The number of anilines is 1. The second-order valence-electron chi connectivity index (χ2n) is 5.90. The minimum atomic E-state index is -4.17. The summed E-state index contributed by atoms with van der Waals surface area (Å²) in [4.78, 5) is 23.0. The van der Waals surface area contributed by atoms with Gasteiger partial charge in [-0.1, -0.05) is 29.3 Å². The highest BCUT2D eigenvalue weighted by Crippen LogP contribution is 2.30. The van der Waals surface area contributed by atoms with Crippen molar-refractivity contribution < 1.29 is 22.7 Å². The minimum absolute atomic E-state index is 0.0479. The van der Waals surface area contributed by atoms with Gasteiger partial charge in [-0.2, -0.15) is 0 Å². The Bertz CT molecular complexity index is 1040. The molecule has 0 saturated heterocycles. The van der Waals surface area contributed by atoms with Gasteiger partial charge in [0.05, 0.1) is 22.8 Å². The van der Waals surface area contributed by atoms with Crippen LogP contribution in [0.3, 0.4) is 0 Å². The Morgan fingerprint density at radius 2 is 1.83 bits per heavy atom. The van der Waals surface area contributed by atoms with Crippen LogP contribution in [0.15, 0.2) is 60.0 Å². The van der Waals surface area contributed by atoms with E-state index in [1.807, 2.05) is 0 Å². The second kappa shape index (κ2) is 9.30. The molecule has 2 N–H and O–H groups in total. The van der Waals surface area contributed by atoms with E-state index in [1.54, 1.807) is 12.1 Å². The fourth-order valence-electron chi connectivity index (χ4n) is 2.30. The first-order valence-electron chi connectivity index (χ1n) is 8.27. The Morgan fingerprint density at radius 3 is 2.38 bits per heavy atom. The van der Waals surface area contributed by atoms with Crippen molar-refractivity contribution in [3.8, 4) is 0 Å². The molecule has 0 saturated carbocycles. The average molecular weight is 457 g/mol. The number of benzene rings is 2. The SMILES string of the molecule is C=CCN(c1ccc(Cl)cc1)S(=O)(=O)c1cc(C(=O)O[C@H](C)C(N)=O)ccc1Cl. The van der Waals surface area contributed by atoms with E-state index < -0.39 is 28.0 Å². The molecule has 2 aromatic rings. The van der Waals surface area contributed by atoms with Crippen LogP contribution in [0.2, 0.25) is 10.0 Å². The van der Waals surface area contributed by atoms with Gasteiger partial charge < -0.3 is 10.5 Å². The van der Waals surface area contributed by atoms with Gasteiger partial charge in [0.15, 0.2) is 6.10 Å². The number of esters is 1. The van der Waals surface area contributed by atoms with Gasteiger partial charge in [-0.05, 0) is 49.4 Å². The van der Waals surface area contributed by atoms with Gasteiger partial charge in [0.25, 0.3) is 15.9 Å². The monoisotopic (exact) mass is 456 g/mol. The van der Waals surface area contributed by atoms with Gasteiger partial charge in [0.2, 0.25) is 0 Å². The molecule has 10 heteroatoms. The molecule has 1 amide bonds. The van der Waals surface area contributed by atoms with E-state index in [0.717, 1.165) is 10.4 Å². The molecule has 0 fully saturated rings. The highest BCUT2D eigenvalue weighted by atomic mass is 35.5. The maximum atomic E-state index is 13.3. The Balaban J connectivity index is 2.49. The molecule has 0 aliphatic rings. The lowest BCUT2D eigenvalue weighted by atomic mass is 10.2. The average Bonchev–Trinajstić information content (AvgIpc) is 2.66. The van der Waals surface area contributed by atoms with E-state index in [4.69, 9.17) is 33.7 Å². The topological polar surface area (TPSA) is 107 Å². The summed E-state index contributed by atoms with van der Waals surface area (Å²) in [6, 6.07) is 9.78. The molecule has 29 heavy (non-hydrogen) atoms. The molecule has 154 valence electrons. The van der Waals surface area contributed by atoms with Crippen molar-refractivity contribution in [3.05, 3.63) is 70.7 Å². The zero-order chi connectivity index (χ0) is 21.8. The number of amides is 1. The second-order valence-corrected chi connectivity index (χ2v) is 8.57. The lowest BCUT2D eigenvalue weighted by molar-refractivity contribution is -0.125. The lowest BCUT2D eigenvalue weighted by Gasteiger charge is -2.24. The minimum Gasteiger partial charge on any atom is -0.449 e. The van der Waals surface area contributed by atoms with Crippen LogP contribution in [0.4, 0.5) is 5.69 Å². The van der Waals surface area contributed by atoms with Crippen molar-refractivity contribution in [2.75, 3.05) is 10.8 Å². The van der Waals surface area contributed by atoms with Gasteiger partial charge >= 0.3 is 5.97 Å². The predicted octanol–water partition coefficient (Wildman–Crippen LogP) is 3.41. The number of carbonyl (C=O) groups excluding carboxylic acids is 2. The van der Waals surface area contributed by atoms with Crippen molar-refractivity contribution in [1.29, 1.82) is 0 Å². The van der Waals surface area contributed by atoms with Crippen LogP contribution < -0.4 is 10.0 Å². The molecule has 0 aliphatic carbocycles. The third kappa shape index (κ3) is 5.29. The van der Waals surface area contributed by atoms with Crippen LogP contribution in [-0.2, 0) is 19.6 Å². The third-order valence-corrected chi connectivity index (χ3v) is 6.36. The van der Waals surface area contributed by atoms with E-state index >= 15 is 0 Å². The van der Waals surface area contributed by atoms with Crippen LogP contribution in [0, 0.1) is 0 Å². The van der Waals surface area contributed by atoms with Crippen LogP contribution in [0.5, 0.6) is 0 Å². The number of ether oxygens (including phenoxy) is 1. The summed E-state index contributed by atoms with van der Waals surface area (Å²) in [7, 11) is -4.17. The molecule has 7 nitrogen and oxygen atoms in total. The molecule has 0 spiro atoms. The van der Waals surface area contributed by atoms with Crippen molar-refractivity contribution in [2.45, 2.75) is 17.9 Å². The van der Waals surface area contributed by atoms with E-state index in [1.165, 1.54) is 37.3 Å². The Kier molecular flexibility index (Phi) is 7.29. The van der Waals surface area contributed by atoms with Gasteiger partial charge in [0.1, 0.15) is 4.90 Å². The van der Waals surface area contributed by atoms with Gasteiger partial charge in [0, 0.05) is 5.02 Å². The zero-order valence-corrected chi connectivity index (χ0v) is 17.7. The maximum Gasteiger partial charge on any atom is 0.338 e. The number of hydrogen-bond donors (Lipinski definition) is 1. The highest BCUT2D eigenvalue weighted by molar-refractivity contribution is 7.93. The number of nitrogens with two attached hydrogens (primary N) is 1. The number of carbonyl (C=O) groups is 2. The quantitative estimate of drug-likeness (QED) is 0.483. The van der Waals surface area contributed by atoms with E-state index in [2.05, 4.69) is 6.58 Å². The molecule has 0 aliphatic heterocycles. The number of hydrogen-bond acceptors (Lipinski definition) is 5. The van der Waals surface area contributed by atoms with Crippen LogP contribution in [0.1, 0.15) is 17.3 Å². The van der Waals surface area contributed by atoms with Crippen LogP contribution in [0.25, 0.3) is 0 Å². The third-order valence-electron chi connectivity index (χ3n) is 3.83. The molecule has 0 unspecified atom stereocenters. The first-order chi connectivity index (χ1) is 13.6. The molecule has 2 rings (SSSR count). The molecule has 2 aromatic carbocycles. The smallest absolute Gasteiger partial charge is 0.338 e. The van der Waals surface area contributed by atoms with E-state index in [0.29, 0.717) is 10.7 Å². The van der Waals surface area contributed by atoms with E-state index in [-0.39, 0.29) is 22.0 Å². The molecule has 0 aromatic heterocycles. The summed E-state index contributed by atoms with van der Waals surface area (Å²) in [5, 5.41) is 0.351. The summed E-state index contributed by atoms with van der Waals surface area (Å²) in [6.45, 7) is 4.84. The summed E-state index contributed by atoms with van der Waals surface area (Å²) in [6.07, 6.45) is 0.233. The summed E-state index contributed by atoms with van der Waals surface area (Å²) in [5.74, 6) is -1.74. The summed E-state index contributed by atoms with van der Waals surface area (Å²) >= 11 is 12.0. The molecule has 0 bridgehead atoms. The molecule has 0 radical (unpaired) electrons. The van der Waals surface area contributed by atoms with Crippen LogP contribution in [-0.4, -0.2) is 32.9 Å². The number of halogens is 2. The van der Waals surface area contributed by atoms with Crippen molar-refractivity contribution >= 4 is 50.8 Å². The predicted molar refractivity (Wildman–Crippen MR) is 112 cm³/mol. The first kappa shape index (κ1) is 22.7. The number of primary amides is 1. The summed E-state index contributed by atoms with van der Waals surface area (Å²) < 4.78 is 32.5. The lowest BCUT2D eigenvalue weighted by Crippen LogP contribution is -2.32. The van der Waals surface area contributed by atoms with E-state index in [9.17, 15) is 18.0 Å². The number of sulfonamides is 1.